The highest BCUT2D eigenvalue weighted by Crippen LogP contribution is 2.28. The standard InChI is InChI=1S/C27H24FN3O2/c28-25-16-23(10-11-24(25)21-4-2-1-3-5-21)27-29-26(30-33-27)22-8-6-19(7-9-22)17-31-14-12-20(18-32)13-15-31/h1-11,16,18,20H,12-15,17H2. The van der Waals surface area contributed by atoms with E-state index in [1.54, 1.807) is 12.1 Å². The number of likely N-dealkylation sites (tertiary alicyclic amines) is 1. The Balaban J connectivity index is 1.28. The van der Waals surface area contributed by atoms with Gasteiger partial charge in [0, 0.05) is 29.2 Å². The lowest BCUT2D eigenvalue weighted by molar-refractivity contribution is -0.112. The Labute approximate surface area is 191 Å². The van der Waals surface area contributed by atoms with Crippen LogP contribution in [0.4, 0.5) is 4.39 Å². The highest BCUT2D eigenvalue weighted by atomic mass is 19.1. The maximum Gasteiger partial charge on any atom is 0.258 e. The average Bonchev–Trinajstić information content (AvgIpc) is 3.36. The molecular formula is C27H24FN3O2. The minimum Gasteiger partial charge on any atom is -0.334 e. The predicted octanol–water partition coefficient (Wildman–Crippen LogP) is 5.62. The van der Waals surface area contributed by atoms with Crippen LogP contribution in [0, 0.1) is 11.7 Å². The number of hydrogen-bond donors (Lipinski definition) is 0. The molecule has 0 bridgehead atoms. The van der Waals surface area contributed by atoms with Gasteiger partial charge in [0.25, 0.3) is 5.89 Å². The summed E-state index contributed by atoms with van der Waals surface area (Å²) in [5, 5.41) is 4.08. The molecule has 0 radical (unpaired) electrons. The van der Waals surface area contributed by atoms with Crippen molar-refractivity contribution < 1.29 is 13.7 Å². The summed E-state index contributed by atoms with van der Waals surface area (Å²) in [7, 11) is 0. The van der Waals surface area contributed by atoms with Crippen LogP contribution in [0.2, 0.25) is 0 Å². The molecule has 3 aromatic carbocycles. The van der Waals surface area contributed by atoms with Crippen LogP contribution < -0.4 is 0 Å². The molecule has 166 valence electrons. The molecule has 5 rings (SSSR count). The molecule has 1 aliphatic rings. The van der Waals surface area contributed by atoms with E-state index >= 15 is 0 Å². The Kier molecular flexibility index (Phi) is 6.09. The fraction of sp³-hybridized carbons (Fsp3) is 0.222. The van der Waals surface area contributed by atoms with Gasteiger partial charge < -0.3 is 9.32 Å². The van der Waals surface area contributed by atoms with Gasteiger partial charge in [-0.25, -0.2) is 4.39 Å². The van der Waals surface area contributed by atoms with E-state index < -0.39 is 0 Å². The minimum absolute atomic E-state index is 0.207. The Morgan fingerprint density at radius 3 is 2.36 bits per heavy atom. The van der Waals surface area contributed by atoms with Crippen molar-refractivity contribution in [3.8, 4) is 34.0 Å². The summed E-state index contributed by atoms with van der Waals surface area (Å²) in [4.78, 5) is 17.8. The zero-order chi connectivity index (χ0) is 22.6. The van der Waals surface area contributed by atoms with Gasteiger partial charge in [-0.1, -0.05) is 65.8 Å². The van der Waals surface area contributed by atoms with E-state index in [1.807, 2.05) is 42.5 Å². The van der Waals surface area contributed by atoms with Crippen molar-refractivity contribution in [2.45, 2.75) is 19.4 Å². The lowest BCUT2D eigenvalue weighted by atomic mass is 9.98. The first kappa shape index (κ1) is 21.2. The quantitative estimate of drug-likeness (QED) is 0.364. The van der Waals surface area contributed by atoms with E-state index in [0.717, 1.165) is 49.9 Å². The monoisotopic (exact) mass is 441 g/mol. The van der Waals surface area contributed by atoms with Crippen molar-refractivity contribution in [2.24, 2.45) is 5.92 Å². The van der Waals surface area contributed by atoms with Crippen LogP contribution in [-0.2, 0) is 11.3 Å². The van der Waals surface area contributed by atoms with Crippen LogP contribution in [0.5, 0.6) is 0 Å². The molecule has 2 heterocycles. The molecule has 0 unspecified atom stereocenters. The number of carbonyl (C=O) groups excluding carboxylic acids is 1. The Morgan fingerprint density at radius 1 is 0.939 bits per heavy atom. The third kappa shape index (κ3) is 4.76. The maximum absolute atomic E-state index is 14.7. The smallest absolute Gasteiger partial charge is 0.258 e. The largest absolute Gasteiger partial charge is 0.334 e. The summed E-state index contributed by atoms with van der Waals surface area (Å²) in [6.07, 6.45) is 2.94. The number of piperidine rings is 1. The van der Waals surface area contributed by atoms with Crippen molar-refractivity contribution >= 4 is 6.29 Å². The van der Waals surface area contributed by atoms with Crippen LogP contribution in [-0.4, -0.2) is 34.4 Å². The Hall–Kier alpha value is -3.64. The number of aldehydes is 1. The molecule has 33 heavy (non-hydrogen) atoms. The van der Waals surface area contributed by atoms with E-state index in [9.17, 15) is 9.18 Å². The fourth-order valence-corrected chi connectivity index (χ4v) is 4.22. The number of halogens is 1. The third-order valence-electron chi connectivity index (χ3n) is 6.17. The van der Waals surface area contributed by atoms with E-state index in [1.165, 1.54) is 11.6 Å². The summed E-state index contributed by atoms with van der Waals surface area (Å²) in [6, 6.07) is 22.4. The minimum atomic E-state index is -0.333. The molecule has 0 aliphatic carbocycles. The normalized spacial score (nSPS) is 14.9. The summed E-state index contributed by atoms with van der Waals surface area (Å²) >= 11 is 0. The number of rotatable bonds is 6. The summed E-state index contributed by atoms with van der Waals surface area (Å²) in [6.45, 7) is 2.74. The highest BCUT2D eigenvalue weighted by molar-refractivity contribution is 5.68. The van der Waals surface area contributed by atoms with Gasteiger partial charge in [-0.3, -0.25) is 4.90 Å². The molecule has 0 N–H and O–H groups in total. The molecule has 1 fully saturated rings. The van der Waals surface area contributed by atoms with Crippen LogP contribution in [0.15, 0.2) is 77.3 Å². The molecule has 6 heteroatoms. The lowest BCUT2D eigenvalue weighted by Crippen LogP contribution is -2.33. The molecule has 4 aromatic rings. The predicted molar refractivity (Wildman–Crippen MR) is 125 cm³/mol. The van der Waals surface area contributed by atoms with Crippen molar-refractivity contribution in [1.29, 1.82) is 0 Å². The van der Waals surface area contributed by atoms with Crippen molar-refractivity contribution in [2.75, 3.05) is 13.1 Å². The van der Waals surface area contributed by atoms with E-state index in [4.69, 9.17) is 4.52 Å². The first-order chi connectivity index (χ1) is 16.2. The molecule has 0 spiro atoms. The number of aromatic nitrogens is 2. The molecule has 5 nitrogen and oxygen atoms in total. The average molecular weight is 442 g/mol. The van der Waals surface area contributed by atoms with E-state index in [0.29, 0.717) is 17.0 Å². The second-order valence-electron chi connectivity index (χ2n) is 8.43. The molecule has 0 amide bonds. The number of carbonyl (C=O) groups is 1. The SMILES string of the molecule is O=CC1CCN(Cc2ccc(-c3noc(-c4ccc(-c5ccccc5)c(F)c4)n3)cc2)CC1. The Morgan fingerprint density at radius 2 is 1.67 bits per heavy atom. The maximum atomic E-state index is 14.7. The van der Waals surface area contributed by atoms with Crippen LogP contribution >= 0.6 is 0 Å². The number of benzene rings is 3. The molecule has 1 aromatic heterocycles. The molecule has 1 saturated heterocycles. The van der Waals surface area contributed by atoms with Gasteiger partial charge in [0.2, 0.25) is 5.82 Å². The van der Waals surface area contributed by atoms with Crippen LogP contribution in [0.25, 0.3) is 34.0 Å². The van der Waals surface area contributed by atoms with Gasteiger partial charge in [-0.05, 0) is 49.2 Å². The summed E-state index contributed by atoms with van der Waals surface area (Å²) < 4.78 is 20.1. The number of nitrogens with zero attached hydrogens (tertiary/aromatic N) is 3. The lowest BCUT2D eigenvalue weighted by Gasteiger charge is -2.29. The number of hydrogen-bond acceptors (Lipinski definition) is 5. The van der Waals surface area contributed by atoms with Crippen LogP contribution in [0.3, 0.4) is 0 Å². The van der Waals surface area contributed by atoms with Gasteiger partial charge in [0.05, 0.1) is 0 Å². The zero-order valence-electron chi connectivity index (χ0n) is 18.2. The highest BCUT2D eigenvalue weighted by Gasteiger charge is 2.19. The topological polar surface area (TPSA) is 59.2 Å². The molecule has 0 atom stereocenters. The van der Waals surface area contributed by atoms with Crippen molar-refractivity contribution in [1.82, 2.24) is 15.0 Å². The van der Waals surface area contributed by atoms with Crippen molar-refractivity contribution in [3.05, 3.63) is 84.2 Å². The van der Waals surface area contributed by atoms with E-state index in [-0.39, 0.29) is 17.6 Å². The van der Waals surface area contributed by atoms with Gasteiger partial charge in [0.1, 0.15) is 12.1 Å². The first-order valence-electron chi connectivity index (χ1n) is 11.2. The van der Waals surface area contributed by atoms with Gasteiger partial charge in [-0.15, -0.1) is 0 Å². The van der Waals surface area contributed by atoms with Gasteiger partial charge in [-0.2, -0.15) is 4.98 Å². The third-order valence-corrected chi connectivity index (χ3v) is 6.17. The molecule has 0 saturated carbocycles. The van der Waals surface area contributed by atoms with Gasteiger partial charge in [0.15, 0.2) is 0 Å². The van der Waals surface area contributed by atoms with Crippen LogP contribution in [0.1, 0.15) is 18.4 Å². The zero-order valence-corrected chi connectivity index (χ0v) is 18.2. The second-order valence-corrected chi connectivity index (χ2v) is 8.43. The summed E-state index contributed by atoms with van der Waals surface area (Å²) in [5.41, 5.74) is 3.94. The molecular weight excluding hydrogens is 417 g/mol. The first-order valence-corrected chi connectivity index (χ1v) is 11.2. The summed E-state index contributed by atoms with van der Waals surface area (Å²) in [5.74, 6) is 0.626. The van der Waals surface area contributed by atoms with Gasteiger partial charge >= 0.3 is 0 Å². The van der Waals surface area contributed by atoms with Crippen molar-refractivity contribution in [3.63, 3.8) is 0 Å². The second kappa shape index (κ2) is 9.46. The molecule has 1 aliphatic heterocycles. The fourth-order valence-electron chi connectivity index (χ4n) is 4.22. The van der Waals surface area contributed by atoms with E-state index in [2.05, 4.69) is 27.2 Å². The Bertz CT molecular complexity index is 1230.